The van der Waals surface area contributed by atoms with Crippen LogP contribution in [0.15, 0.2) is 39.7 Å². The van der Waals surface area contributed by atoms with Crippen LogP contribution in [-0.4, -0.2) is 34.3 Å². The van der Waals surface area contributed by atoms with Crippen LogP contribution in [0.4, 0.5) is 5.69 Å². The number of nitrogens with zero attached hydrogens (tertiary/aromatic N) is 3. The fourth-order valence-electron chi connectivity index (χ4n) is 3.10. The molecule has 1 N–H and O–H groups in total. The minimum atomic E-state index is -0.125. The fraction of sp³-hybridized carbons (Fsp3) is 0.444. The van der Waals surface area contributed by atoms with Crippen LogP contribution in [0.3, 0.4) is 0 Å². The molecule has 1 aliphatic rings. The summed E-state index contributed by atoms with van der Waals surface area (Å²) in [6, 6.07) is 8.04. The van der Waals surface area contributed by atoms with Gasteiger partial charge in [-0.2, -0.15) is 5.10 Å². The highest BCUT2D eigenvalue weighted by Crippen LogP contribution is 2.23. The van der Waals surface area contributed by atoms with Crippen molar-refractivity contribution in [2.45, 2.75) is 19.4 Å². The smallest absolute Gasteiger partial charge is 0.282 e. The lowest BCUT2D eigenvalue weighted by Gasteiger charge is -2.32. The van der Waals surface area contributed by atoms with Gasteiger partial charge in [0.1, 0.15) is 4.47 Å². The Morgan fingerprint density at radius 3 is 2.76 bits per heavy atom. The fourth-order valence-corrected chi connectivity index (χ4v) is 3.80. The lowest BCUT2D eigenvalue weighted by atomic mass is 9.96. The lowest BCUT2D eigenvalue weighted by molar-refractivity contribution is 0.182. The molecule has 1 fully saturated rings. The molecule has 25 heavy (non-hydrogen) atoms. The van der Waals surface area contributed by atoms with Crippen LogP contribution < -0.4 is 10.9 Å². The quantitative estimate of drug-likeness (QED) is 0.796. The Bertz CT molecular complexity index is 787. The molecule has 2 heterocycles. The highest BCUT2D eigenvalue weighted by atomic mass is 79.9. The molecule has 0 unspecified atom stereocenters. The molecule has 0 atom stereocenters. The predicted octanol–water partition coefficient (Wildman–Crippen LogP) is 3.52. The van der Waals surface area contributed by atoms with E-state index in [0.29, 0.717) is 10.4 Å². The molecule has 0 amide bonds. The molecular weight excluding hydrogens is 404 g/mol. The summed E-state index contributed by atoms with van der Waals surface area (Å²) in [5.74, 6) is 0.596. The third kappa shape index (κ3) is 4.63. The summed E-state index contributed by atoms with van der Waals surface area (Å²) in [7, 11) is 1.64. The summed E-state index contributed by atoms with van der Waals surface area (Å²) >= 11 is 9.61. The number of halogens is 2. The van der Waals surface area contributed by atoms with E-state index in [0.717, 1.165) is 49.7 Å². The van der Waals surface area contributed by atoms with Gasteiger partial charge in [0.2, 0.25) is 0 Å². The Hall–Kier alpha value is -1.37. The molecule has 1 saturated heterocycles. The second kappa shape index (κ2) is 8.34. The highest BCUT2D eigenvalue weighted by Gasteiger charge is 2.20. The summed E-state index contributed by atoms with van der Waals surface area (Å²) in [4.78, 5) is 14.3. The maximum atomic E-state index is 11.9. The topological polar surface area (TPSA) is 50.2 Å². The van der Waals surface area contributed by atoms with E-state index >= 15 is 0 Å². The SMILES string of the molecule is Cn1ncc(NCC2CCN(Cc3ccccc3Cl)CC2)c(Br)c1=O. The van der Waals surface area contributed by atoms with Crippen LogP contribution in [0.2, 0.25) is 5.02 Å². The summed E-state index contributed by atoms with van der Waals surface area (Å²) in [6.45, 7) is 3.89. The zero-order valence-electron chi connectivity index (χ0n) is 14.2. The number of anilines is 1. The zero-order valence-corrected chi connectivity index (χ0v) is 16.6. The molecule has 0 saturated carbocycles. The molecule has 7 heteroatoms. The maximum absolute atomic E-state index is 11.9. The summed E-state index contributed by atoms with van der Waals surface area (Å²) < 4.78 is 1.86. The minimum absolute atomic E-state index is 0.125. The van der Waals surface area contributed by atoms with Crippen LogP contribution in [0.1, 0.15) is 18.4 Å². The largest absolute Gasteiger partial charge is 0.382 e. The van der Waals surface area contributed by atoms with Crippen molar-refractivity contribution >= 4 is 33.2 Å². The molecule has 1 aromatic carbocycles. The van der Waals surface area contributed by atoms with Gasteiger partial charge in [-0.3, -0.25) is 9.69 Å². The average Bonchev–Trinajstić information content (AvgIpc) is 2.62. The van der Waals surface area contributed by atoms with Gasteiger partial charge in [-0.05, 0) is 59.4 Å². The number of hydrogen-bond donors (Lipinski definition) is 1. The van der Waals surface area contributed by atoms with Gasteiger partial charge in [0.05, 0.1) is 11.9 Å². The molecule has 0 aliphatic carbocycles. The van der Waals surface area contributed by atoms with Crippen LogP contribution in [0.25, 0.3) is 0 Å². The average molecular weight is 426 g/mol. The number of benzene rings is 1. The Balaban J connectivity index is 1.49. The monoisotopic (exact) mass is 424 g/mol. The van der Waals surface area contributed by atoms with E-state index in [-0.39, 0.29) is 5.56 Å². The van der Waals surface area contributed by atoms with Crippen LogP contribution in [0, 0.1) is 5.92 Å². The van der Waals surface area contributed by atoms with Crippen molar-refractivity contribution in [2.75, 3.05) is 25.0 Å². The number of nitrogens with one attached hydrogen (secondary N) is 1. The van der Waals surface area contributed by atoms with Gasteiger partial charge in [0, 0.05) is 25.2 Å². The van der Waals surface area contributed by atoms with E-state index in [9.17, 15) is 4.79 Å². The zero-order chi connectivity index (χ0) is 17.8. The van der Waals surface area contributed by atoms with Gasteiger partial charge in [-0.25, -0.2) is 4.68 Å². The highest BCUT2D eigenvalue weighted by molar-refractivity contribution is 9.10. The summed E-state index contributed by atoms with van der Waals surface area (Å²) in [6.07, 6.45) is 3.96. The predicted molar refractivity (Wildman–Crippen MR) is 105 cm³/mol. The minimum Gasteiger partial charge on any atom is -0.382 e. The second-order valence-electron chi connectivity index (χ2n) is 6.49. The van der Waals surface area contributed by atoms with Crippen LogP contribution in [-0.2, 0) is 13.6 Å². The number of likely N-dealkylation sites (tertiary alicyclic amines) is 1. The van der Waals surface area contributed by atoms with Gasteiger partial charge in [-0.1, -0.05) is 29.8 Å². The first-order chi connectivity index (χ1) is 12.0. The first kappa shape index (κ1) is 18.4. The molecular formula is C18H22BrClN4O. The molecule has 0 bridgehead atoms. The first-order valence-corrected chi connectivity index (χ1v) is 9.63. The number of aryl methyl sites for hydroxylation is 1. The van der Waals surface area contributed by atoms with Crippen molar-refractivity contribution in [3.05, 3.63) is 55.9 Å². The van der Waals surface area contributed by atoms with Crippen molar-refractivity contribution in [3.63, 3.8) is 0 Å². The molecule has 5 nitrogen and oxygen atoms in total. The number of hydrogen-bond acceptors (Lipinski definition) is 4. The lowest BCUT2D eigenvalue weighted by Crippen LogP contribution is -2.35. The van der Waals surface area contributed by atoms with Gasteiger partial charge in [0.15, 0.2) is 0 Å². The molecule has 3 rings (SSSR count). The Labute approximate surface area is 161 Å². The number of aromatic nitrogens is 2. The van der Waals surface area contributed by atoms with E-state index < -0.39 is 0 Å². The van der Waals surface area contributed by atoms with Gasteiger partial charge in [0.25, 0.3) is 5.56 Å². The Morgan fingerprint density at radius 1 is 1.32 bits per heavy atom. The third-order valence-electron chi connectivity index (χ3n) is 4.72. The van der Waals surface area contributed by atoms with Crippen molar-refractivity contribution < 1.29 is 0 Å². The van der Waals surface area contributed by atoms with Crippen molar-refractivity contribution in [2.24, 2.45) is 13.0 Å². The Kier molecular flexibility index (Phi) is 6.15. The maximum Gasteiger partial charge on any atom is 0.282 e. The Morgan fingerprint density at radius 2 is 2.04 bits per heavy atom. The van der Waals surface area contributed by atoms with Crippen LogP contribution in [0.5, 0.6) is 0 Å². The van der Waals surface area contributed by atoms with Crippen LogP contribution >= 0.6 is 27.5 Å². The first-order valence-electron chi connectivity index (χ1n) is 8.46. The van der Waals surface area contributed by atoms with E-state index in [1.54, 1.807) is 13.2 Å². The van der Waals surface area contributed by atoms with E-state index in [4.69, 9.17) is 11.6 Å². The molecule has 2 aromatic rings. The van der Waals surface area contributed by atoms with Crippen molar-refractivity contribution in [3.8, 4) is 0 Å². The summed E-state index contributed by atoms with van der Waals surface area (Å²) in [5, 5.41) is 8.27. The van der Waals surface area contributed by atoms with E-state index in [1.807, 2.05) is 18.2 Å². The second-order valence-corrected chi connectivity index (χ2v) is 7.69. The van der Waals surface area contributed by atoms with Gasteiger partial charge in [-0.15, -0.1) is 0 Å². The number of rotatable bonds is 5. The molecule has 1 aromatic heterocycles. The standard InChI is InChI=1S/C18H22BrClN4O/c1-23-18(25)17(19)16(11-22-23)21-10-13-6-8-24(9-7-13)12-14-4-2-3-5-15(14)20/h2-5,11,13,21H,6-10,12H2,1H3. The normalized spacial score (nSPS) is 16.1. The number of piperidine rings is 1. The molecule has 0 radical (unpaired) electrons. The molecule has 1 aliphatic heterocycles. The van der Waals surface area contributed by atoms with E-state index in [2.05, 4.69) is 37.3 Å². The van der Waals surface area contributed by atoms with Gasteiger partial charge >= 0.3 is 0 Å². The summed E-state index contributed by atoms with van der Waals surface area (Å²) in [5.41, 5.74) is 1.83. The molecule has 134 valence electrons. The third-order valence-corrected chi connectivity index (χ3v) is 5.85. The van der Waals surface area contributed by atoms with Gasteiger partial charge < -0.3 is 5.32 Å². The van der Waals surface area contributed by atoms with Crippen molar-refractivity contribution in [1.82, 2.24) is 14.7 Å². The van der Waals surface area contributed by atoms with E-state index in [1.165, 1.54) is 10.2 Å². The van der Waals surface area contributed by atoms with Crippen molar-refractivity contribution in [1.29, 1.82) is 0 Å². The molecule has 0 spiro atoms.